The van der Waals surface area contributed by atoms with E-state index in [1.807, 2.05) is 44.2 Å². The molecule has 0 spiro atoms. The molecule has 1 aliphatic heterocycles. The molecule has 1 aromatic rings. The third-order valence-electron chi connectivity index (χ3n) is 4.09. The molecule has 2 N–H and O–H groups in total. The van der Waals surface area contributed by atoms with Crippen LogP contribution in [0.2, 0.25) is 0 Å². The highest BCUT2D eigenvalue weighted by atomic mass is 16.5. The predicted octanol–water partition coefficient (Wildman–Crippen LogP) is 2.92. The van der Waals surface area contributed by atoms with Crippen LogP contribution in [-0.4, -0.2) is 12.0 Å². The van der Waals surface area contributed by atoms with Crippen molar-refractivity contribution in [3.8, 4) is 6.07 Å². The molecule has 22 heavy (non-hydrogen) atoms. The SMILES string of the molecule is CC1(C)CC(=O)C2=C(C1)OC(N)C(C#N)=C2c1ccccc1. The fourth-order valence-corrected chi connectivity index (χ4v) is 3.16. The number of ketones is 1. The van der Waals surface area contributed by atoms with Gasteiger partial charge in [0, 0.05) is 18.4 Å². The van der Waals surface area contributed by atoms with Crippen LogP contribution >= 0.6 is 0 Å². The number of ether oxygens (including phenoxy) is 1. The molecule has 1 aliphatic carbocycles. The molecule has 0 radical (unpaired) electrons. The third-order valence-corrected chi connectivity index (χ3v) is 4.09. The molecule has 0 saturated carbocycles. The van der Waals surface area contributed by atoms with E-state index in [2.05, 4.69) is 6.07 Å². The van der Waals surface area contributed by atoms with E-state index in [-0.39, 0.29) is 11.2 Å². The Morgan fingerprint density at radius 3 is 2.55 bits per heavy atom. The Balaban J connectivity index is 2.24. The van der Waals surface area contributed by atoms with Gasteiger partial charge in [-0.3, -0.25) is 10.5 Å². The standard InChI is InChI=1S/C18H18N2O2/c1-18(2)8-13(21)16-14(9-18)22-17(20)12(10-19)15(16)11-6-4-3-5-7-11/h3-7,17H,8-9,20H2,1-2H3. The maximum absolute atomic E-state index is 12.7. The summed E-state index contributed by atoms with van der Waals surface area (Å²) in [4.78, 5) is 12.7. The number of rotatable bonds is 1. The topological polar surface area (TPSA) is 76.1 Å². The van der Waals surface area contributed by atoms with Gasteiger partial charge in [-0.05, 0) is 11.0 Å². The van der Waals surface area contributed by atoms with Crippen molar-refractivity contribution in [1.29, 1.82) is 5.26 Å². The van der Waals surface area contributed by atoms with Crippen molar-refractivity contribution in [3.05, 3.63) is 52.8 Å². The van der Waals surface area contributed by atoms with Gasteiger partial charge >= 0.3 is 0 Å². The van der Waals surface area contributed by atoms with Crippen molar-refractivity contribution < 1.29 is 9.53 Å². The molecule has 0 aromatic heterocycles. The Labute approximate surface area is 129 Å². The second-order valence-corrected chi connectivity index (χ2v) is 6.54. The summed E-state index contributed by atoms with van der Waals surface area (Å²) < 4.78 is 5.71. The summed E-state index contributed by atoms with van der Waals surface area (Å²) in [5.41, 5.74) is 8.18. The molecule has 4 nitrogen and oxygen atoms in total. The normalized spacial score (nSPS) is 23.7. The van der Waals surface area contributed by atoms with E-state index in [1.165, 1.54) is 0 Å². The van der Waals surface area contributed by atoms with E-state index < -0.39 is 6.23 Å². The second kappa shape index (κ2) is 5.11. The number of benzene rings is 1. The van der Waals surface area contributed by atoms with Gasteiger partial charge in [0.25, 0.3) is 0 Å². The van der Waals surface area contributed by atoms with E-state index in [4.69, 9.17) is 10.5 Å². The van der Waals surface area contributed by atoms with Crippen LogP contribution in [0.4, 0.5) is 0 Å². The molecule has 3 rings (SSSR count). The Kier molecular flexibility index (Phi) is 3.38. The molecular weight excluding hydrogens is 276 g/mol. The fraction of sp³-hybridized carbons (Fsp3) is 0.333. The van der Waals surface area contributed by atoms with Crippen molar-refractivity contribution in [1.82, 2.24) is 0 Å². The number of carbonyl (C=O) groups is 1. The second-order valence-electron chi connectivity index (χ2n) is 6.54. The van der Waals surface area contributed by atoms with Crippen LogP contribution in [0, 0.1) is 16.7 Å². The van der Waals surface area contributed by atoms with E-state index in [0.717, 1.165) is 5.56 Å². The lowest BCUT2D eigenvalue weighted by molar-refractivity contribution is -0.118. The quantitative estimate of drug-likeness (QED) is 0.864. The minimum absolute atomic E-state index is 0.0183. The first-order valence-electron chi connectivity index (χ1n) is 7.31. The zero-order valence-electron chi connectivity index (χ0n) is 12.7. The van der Waals surface area contributed by atoms with Gasteiger partial charge in [0.1, 0.15) is 11.8 Å². The van der Waals surface area contributed by atoms with Gasteiger partial charge in [-0.2, -0.15) is 5.26 Å². The van der Waals surface area contributed by atoms with Gasteiger partial charge in [-0.15, -0.1) is 0 Å². The van der Waals surface area contributed by atoms with Gasteiger partial charge in [-0.25, -0.2) is 0 Å². The molecule has 1 aromatic carbocycles. The minimum atomic E-state index is -0.819. The average molecular weight is 294 g/mol. The van der Waals surface area contributed by atoms with Crippen molar-refractivity contribution in [3.63, 3.8) is 0 Å². The van der Waals surface area contributed by atoms with Crippen LogP contribution in [0.3, 0.4) is 0 Å². The molecule has 4 heteroatoms. The number of nitrogens with two attached hydrogens (primary N) is 1. The van der Waals surface area contributed by atoms with E-state index in [0.29, 0.717) is 35.3 Å². The summed E-state index contributed by atoms with van der Waals surface area (Å²) >= 11 is 0. The molecule has 1 unspecified atom stereocenters. The molecule has 0 bridgehead atoms. The molecule has 0 fully saturated rings. The highest BCUT2D eigenvalue weighted by Crippen LogP contribution is 2.45. The first kappa shape index (κ1) is 14.6. The van der Waals surface area contributed by atoms with Crippen molar-refractivity contribution >= 4 is 11.4 Å². The van der Waals surface area contributed by atoms with Gasteiger partial charge in [0.2, 0.25) is 0 Å². The maximum atomic E-state index is 12.7. The highest BCUT2D eigenvalue weighted by Gasteiger charge is 2.40. The van der Waals surface area contributed by atoms with E-state index in [1.54, 1.807) is 0 Å². The summed E-state index contributed by atoms with van der Waals surface area (Å²) in [5, 5.41) is 9.47. The van der Waals surface area contributed by atoms with Crippen LogP contribution in [0.5, 0.6) is 0 Å². The van der Waals surface area contributed by atoms with Crippen LogP contribution in [0.15, 0.2) is 47.2 Å². The van der Waals surface area contributed by atoms with Crippen LogP contribution in [0.1, 0.15) is 32.3 Å². The van der Waals surface area contributed by atoms with Crippen LogP contribution < -0.4 is 5.73 Å². The van der Waals surface area contributed by atoms with Gasteiger partial charge in [-0.1, -0.05) is 44.2 Å². The van der Waals surface area contributed by atoms with Crippen LogP contribution in [0.25, 0.3) is 5.57 Å². The lowest BCUT2D eigenvalue weighted by Gasteiger charge is -2.37. The average Bonchev–Trinajstić information content (AvgIpc) is 2.45. The fourth-order valence-electron chi connectivity index (χ4n) is 3.16. The van der Waals surface area contributed by atoms with Crippen molar-refractivity contribution in [2.75, 3.05) is 0 Å². The molecule has 112 valence electrons. The van der Waals surface area contributed by atoms with Crippen LogP contribution in [-0.2, 0) is 9.53 Å². The van der Waals surface area contributed by atoms with Gasteiger partial charge < -0.3 is 4.74 Å². The Hall–Kier alpha value is -2.38. The van der Waals surface area contributed by atoms with Crippen molar-refractivity contribution in [2.24, 2.45) is 11.1 Å². The number of hydrogen-bond donors (Lipinski definition) is 1. The Bertz CT molecular complexity index is 736. The van der Waals surface area contributed by atoms with Crippen molar-refractivity contribution in [2.45, 2.75) is 32.9 Å². The summed E-state index contributed by atoms with van der Waals surface area (Å²) in [6.45, 7) is 4.07. The molecule has 1 atom stereocenters. The number of allylic oxidation sites excluding steroid dienone is 3. The van der Waals surface area contributed by atoms with E-state index >= 15 is 0 Å². The number of Topliss-reactive ketones (excluding diaryl/α,β-unsaturated/α-hetero) is 1. The number of nitrogens with zero attached hydrogens (tertiary/aromatic N) is 1. The predicted molar refractivity (Wildman–Crippen MR) is 83.1 cm³/mol. The maximum Gasteiger partial charge on any atom is 0.184 e. The smallest absolute Gasteiger partial charge is 0.184 e. The number of nitriles is 1. The molecular formula is C18H18N2O2. The lowest BCUT2D eigenvalue weighted by Crippen LogP contribution is -2.36. The zero-order chi connectivity index (χ0) is 15.9. The zero-order valence-corrected chi connectivity index (χ0v) is 12.7. The summed E-state index contributed by atoms with van der Waals surface area (Å²) in [6.07, 6.45) is 0.275. The number of carbonyl (C=O) groups excluding carboxylic acids is 1. The Morgan fingerprint density at radius 1 is 1.23 bits per heavy atom. The Morgan fingerprint density at radius 2 is 1.91 bits per heavy atom. The summed E-state index contributed by atoms with van der Waals surface area (Å²) in [6, 6.07) is 11.6. The molecule has 1 heterocycles. The summed E-state index contributed by atoms with van der Waals surface area (Å²) in [5.74, 6) is 0.636. The third kappa shape index (κ3) is 2.34. The minimum Gasteiger partial charge on any atom is -0.474 e. The molecule has 0 amide bonds. The molecule has 0 saturated heterocycles. The van der Waals surface area contributed by atoms with Gasteiger partial charge in [0.05, 0.1) is 11.1 Å². The largest absolute Gasteiger partial charge is 0.474 e. The highest BCUT2D eigenvalue weighted by molar-refractivity contribution is 6.13. The first-order valence-corrected chi connectivity index (χ1v) is 7.31. The summed E-state index contributed by atoms with van der Waals surface area (Å²) in [7, 11) is 0. The number of hydrogen-bond acceptors (Lipinski definition) is 4. The first-order chi connectivity index (χ1) is 10.4. The van der Waals surface area contributed by atoms with E-state index in [9.17, 15) is 10.1 Å². The molecule has 2 aliphatic rings. The van der Waals surface area contributed by atoms with Gasteiger partial charge in [0.15, 0.2) is 12.0 Å². The monoisotopic (exact) mass is 294 g/mol. The lowest BCUT2D eigenvalue weighted by atomic mass is 9.72.